The largest absolute Gasteiger partial charge is 0.462 e. The van der Waals surface area contributed by atoms with Crippen LogP contribution in [0.1, 0.15) is 17.3 Å². The molecule has 2 heterocycles. The summed E-state index contributed by atoms with van der Waals surface area (Å²) in [6, 6.07) is 17.8. The molecule has 0 spiro atoms. The van der Waals surface area contributed by atoms with Gasteiger partial charge in [0.2, 0.25) is 5.91 Å². The maximum absolute atomic E-state index is 12.8. The third-order valence-electron chi connectivity index (χ3n) is 4.45. The highest BCUT2D eigenvalue weighted by Crippen LogP contribution is 2.30. The Morgan fingerprint density at radius 3 is 2.55 bits per heavy atom. The molecule has 4 rings (SSSR count). The van der Waals surface area contributed by atoms with Crippen LogP contribution in [0.5, 0.6) is 0 Å². The van der Waals surface area contributed by atoms with E-state index >= 15 is 0 Å². The van der Waals surface area contributed by atoms with E-state index in [1.165, 1.54) is 11.3 Å². The molecule has 8 nitrogen and oxygen atoms in total. The molecule has 0 fully saturated rings. The Morgan fingerprint density at radius 2 is 1.84 bits per heavy atom. The lowest BCUT2D eigenvalue weighted by atomic mass is 10.2. The number of nitrogens with one attached hydrogen (secondary N) is 1. The molecule has 0 saturated carbocycles. The van der Waals surface area contributed by atoms with Crippen molar-refractivity contribution in [2.75, 3.05) is 11.9 Å². The Kier molecular flexibility index (Phi) is 5.85. The van der Waals surface area contributed by atoms with Crippen molar-refractivity contribution in [1.29, 1.82) is 0 Å². The van der Waals surface area contributed by atoms with Gasteiger partial charge in [-0.15, -0.1) is 16.4 Å². The topological polar surface area (TPSA) is 103 Å². The van der Waals surface area contributed by atoms with Crippen LogP contribution < -0.4 is 10.9 Å². The van der Waals surface area contributed by atoms with Gasteiger partial charge in [-0.3, -0.25) is 9.59 Å². The van der Waals surface area contributed by atoms with Gasteiger partial charge in [0.05, 0.1) is 17.6 Å². The number of carbonyl (C=O) groups is 2. The zero-order valence-electron chi connectivity index (χ0n) is 16.6. The van der Waals surface area contributed by atoms with Crippen molar-refractivity contribution < 1.29 is 14.3 Å². The average molecular weight is 434 g/mol. The maximum atomic E-state index is 12.8. The van der Waals surface area contributed by atoms with Gasteiger partial charge in [-0.1, -0.05) is 35.5 Å². The first kappa shape index (κ1) is 20.4. The molecule has 0 bridgehead atoms. The Balaban J connectivity index is 1.49. The van der Waals surface area contributed by atoms with Crippen LogP contribution in [0.3, 0.4) is 0 Å². The third-order valence-corrected chi connectivity index (χ3v) is 5.52. The molecular formula is C22H18N4O4S. The highest BCUT2D eigenvalue weighted by atomic mass is 32.1. The minimum atomic E-state index is -0.432. The number of hydrogen-bond acceptors (Lipinski definition) is 7. The molecule has 0 saturated heterocycles. The predicted octanol–water partition coefficient (Wildman–Crippen LogP) is 3.34. The summed E-state index contributed by atoms with van der Waals surface area (Å²) in [5, 5.41) is 11.1. The molecule has 1 N–H and O–H groups in total. The first-order chi connectivity index (χ1) is 15.0. The summed E-state index contributed by atoms with van der Waals surface area (Å²) >= 11 is 1.38. The second kappa shape index (κ2) is 8.88. The maximum Gasteiger partial charge on any atom is 0.338 e. The number of rotatable bonds is 6. The van der Waals surface area contributed by atoms with Crippen LogP contribution in [0, 0.1) is 0 Å². The molecule has 9 heteroatoms. The van der Waals surface area contributed by atoms with E-state index < -0.39 is 11.9 Å². The lowest BCUT2D eigenvalue weighted by Gasteiger charge is -2.07. The second-order valence-corrected chi connectivity index (χ2v) is 7.62. The van der Waals surface area contributed by atoms with Crippen LogP contribution in [0.4, 0.5) is 5.69 Å². The van der Waals surface area contributed by atoms with Crippen molar-refractivity contribution in [1.82, 2.24) is 15.0 Å². The molecule has 31 heavy (non-hydrogen) atoms. The average Bonchev–Trinajstić information content (AvgIpc) is 3.22. The number of amides is 1. The van der Waals surface area contributed by atoms with Gasteiger partial charge in [0, 0.05) is 10.6 Å². The van der Waals surface area contributed by atoms with Crippen molar-refractivity contribution in [3.8, 4) is 10.4 Å². The first-order valence-electron chi connectivity index (χ1n) is 9.55. The number of carbonyl (C=O) groups excluding carboxylic acids is 2. The molecule has 0 aliphatic rings. The van der Waals surface area contributed by atoms with Gasteiger partial charge in [0.1, 0.15) is 6.54 Å². The summed E-state index contributed by atoms with van der Waals surface area (Å²) < 4.78 is 5.96. The van der Waals surface area contributed by atoms with Crippen molar-refractivity contribution in [3.63, 3.8) is 0 Å². The Morgan fingerprint density at radius 1 is 1.10 bits per heavy atom. The van der Waals surface area contributed by atoms with E-state index in [4.69, 9.17) is 4.74 Å². The van der Waals surface area contributed by atoms with Crippen LogP contribution >= 0.6 is 11.3 Å². The molecule has 1 amide bonds. The fraction of sp³-hybridized carbons (Fsp3) is 0.136. The molecule has 2 aromatic heterocycles. The summed E-state index contributed by atoms with van der Waals surface area (Å²) in [5.41, 5.74) is 1.48. The van der Waals surface area contributed by atoms with E-state index in [2.05, 4.69) is 15.6 Å². The molecular weight excluding hydrogens is 416 g/mol. The summed E-state index contributed by atoms with van der Waals surface area (Å²) in [7, 11) is 0. The summed E-state index contributed by atoms with van der Waals surface area (Å²) in [6.45, 7) is 1.74. The van der Waals surface area contributed by atoms with Crippen LogP contribution in [0.2, 0.25) is 0 Å². The van der Waals surface area contributed by atoms with Crippen molar-refractivity contribution in [2.45, 2.75) is 13.5 Å². The molecule has 0 atom stereocenters. The van der Waals surface area contributed by atoms with E-state index in [9.17, 15) is 14.4 Å². The fourth-order valence-corrected chi connectivity index (χ4v) is 3.94. The van der Waals surface area contributed by atoms with Gasteiger partial charge < -0.3 is 10.1 Å². The summed E-state index contributed by atoms with van der Waals surface area (Å²) in [4.78, 5) is 38.3. The number of esters is 1. The number of hydrogen-bond donors (Lipinski definition) is 1. The minimum absolute atomic E-state index is 0.280. The number of benzene rings is 2. The van der Waals surface area contributed by atoms with Crippen LogP contribution in [-0.4, -0.2) is 33.5 Å². The van der Waals surface area contributed by atoms with E-state index in [1.807, 2.05) is 30.3 Å². The van der Waals surface area contributed by atoms with Crippen molar-refractivity contribution >= 4 is 39.1 Å². The van der Waals surface area contributed by atoms with Crippen LogP contribution in [0.15, 0.2) is 65.5 Å². The Bertz CT molecular complexity index is 1300. The normalized spacial score (nSPS) is 10.7. The standard InChI is InChI=1S/C22H18N4O4S/c1-2-30-22(29)15-8-10-16(11-9-15)23-19(27)13-26-21(28)17-12-18(31-20(17)24-25-26)14-6-4-3-5-7-14/h3-12H,2,13H2,1H3,(H,23,27). The predicted molar refractivity (Wildman–Crippen MR) is 118 cm³/mol. The van der Waals surface area contributed by atoms with Gasteiger partial charge >= 0.3 is 5.97 Å². The van der Waals surface area contributed by atoms with Gasteiger partial charge in [0.25, 0.3) is 5.56 Å². The lowest BCUT2D eigenvalue weighted by Crippen LogP contribution is -2.30. The SMILES string of the molecule is CCOC(=O)c1ccc(NC(=O)Cn2nnc3sc(-c4ccccc4)cc3c2=O)cc1. The monoisotopic (exact) mass is 434 g/mol. The number of thiophene rings is 1. The Hall–Kier alpha value is -3.85. The Labute approximate surface area is 181 Å². The minimum Gasteiger partial charge on any atom is -0.462 e. The number of anilines is 1. The van der Waals surface area contributed by atoms with Gasteiger partial charge in [-0.25, -0.2) is 9.48 Å². The van der Waals surface area contributed by atoms with Crippen molar-refractivity contribution in [2.24, 2.45) is 0 Å². The highest BCUT2D eigenvalue weighted by Gasteiger charge is 2.14. The lowest BCUT2D eigenvalue weighted by molar-refractivity contribution is -0.117. The van der Waals surface area contributed by atoms with E-state index in [-0.39, 0.29) is 18.7 Å². The van der Waals surface area contributed by atoms with E-state index in [0.717, 1.165) is 15.1 Å². The number of ether oxygens (including phenoxy) is 1. The second-order valence-electron chi connectivity index (χ2n) is 6.59. The van der Waals surface area contributed by atoms with Gasteiger partial charge in [0.15, 0.2) is 4.83 Å². The number of nitrogens with zero attached hydrogens (tertiary/aromatic N) is 3. The van der Waals surface area contributed by atoms with Crippen molar-refractivity contribution in [3.05, 3.63) is 76.6 Å². The van der Waals surface area contributed by atoms with Crippen LogP contribution in [0.25, 0.3) is 20.7 Å². The molecule has 0 aliphatic heterocycles. The van der Waals surface area contributed by atoms with E-state index in [0.29, 0.717) is 21.5 Å². The molecule has 2 aromatic carbocycles. The quantitative estimate of drug-likeness (QED) is 0.467. The van der Waals surface area contributed by atoms with Gasteiger partial charge in [-0.2, -0.15) is 0 Å². The molecule has 0 radical (unpaired) electrons. The van der Waals surface area contributed by atoms with E-state index in [1.54, 1.807) is 37.3 Å². The zero-order valence-corrected chi connectivity index (χ0v) is 17.4. The van der Waals surface area contributed by atoms with Gasteiger partial charge in [-0.05, 0) is 42.8 Å². The summed E-state index contributed by atoms with van der Waals surface area (Å²) in [6.07, 6.45) is 0. The molecule has 4 aromatic rings. The van der Waals surface area contributed by atoms with Crippen LogP contribution in [-0.2, 0) is 16.1 Å². The zero-order chi connectivity index (χ0) is 21.8. The number of aromatic nitrogens is 3. The molecule has 0 aliphatic carbocycles. The fourth-order valence-electron chi connectivity index (χ4n) is 2.97. The first-order valence-corrected chi connectivity index (χ1v) is 10.4. The third kappa shape index (κ3) is 4.51. The smallest absolute Gasteiger partial charge is 0.338 e. The molecule has 156 valence electrons. The number of fused-ring (bicyclic) bond motifs is 1. The molecule has 0 unspecified atom stereocenters. The summed E-state index contributed by atoms with van der Waals surface area (Å²) in [5.74, 6) is -0.862. The highest BCUT2D eigenvalue weighted by molar-refractivity contribution is 7.21.